The fourth-order valence-electron chi connectivity index (χ4n) is 4.41. The number of aliphatic hydroxyl groups excluding tert-OH is 1. The van der Waals surface area contributed by atoms with Gasteiger partial charge in [-0.2, -0.15) is 0 Å². The summed E-state index contributed by atoms with van der Waals surface area (Å²) in [5.41, 5.74) is 0. The van der Waals surface area contributed by atoms with Gasteiger partial charge in [0.15, 0.2) is 17.9 Å². The van der Waals surface area contributed by atoms with Crippen molar-refractivity contribution in [2.24, 2.45) is 17.8 Å². The molecule has 0 unspecified atom stereocenters. The van der Waals surface area contributed by atoms with Gasteiger partial charge in [0, 0.05) is 24.3 Å². The van der Waals surface area contributed by atoms with Gasteiger partial charge in [-0.15, -0.1) is 0 Å². The Morgan fingerprint density at radius 1 is 1.30 bits per heavy atom. The summed E-state index contributed by atoms with van der Waals surface area (Å²) in [5.74, 6) is -0.135. The van der Waals surface area contributed by atoms with Gasteiger partial charge in [-0.05, 0) is 32.6 Å². The first-order chi connectivity index (χ1) is 9.44. The summed E-state index contributed by atoms with van der Waals surface area (Å²) < 4.78 is 17.8. The fourth-order valence-corrected chi connectivity index (χ4v) is 4.41. The number of rotatable bonds is 0. The number of ether oxygens (including phenoxy) is 3. The zero-order valence-corrected chi connectivity index (χ0v) is 11.7. The minimum Gasteiger partial charge on any atom is -0.512 e. The lowest BCUT2D eigenvalue weighted by Crippen LogP contribution is -2.44. The molecule has 4 aliphatic rings. The van der Waals surface area contributed by atoms with Crippen molar-refractivity contribution in [3.63, 3.8) is 0 Å². The molecular weight excluding hydrogens is 260 g/mol. The molecule has 5 nitrogen and oxygen atoms in total. The van der Waals surface area contributed by atoms with Gasteiger partial charge in [-0.25, -0.2) is 0 Å². The van der Waals surface area contributed by atoms with Crippen LogP contribution in [0, 0.1) is 17.8 Å². The maximum Gasteiger partial charge on any atom is 0.187 e. The van der Waals surface area contributed by atoms with E-state index in [-0.39, 0.29) is 47.8 Å². The highest BCUT2D eigenvalue weighted by Crippen LogP contribution is 2.53. The van der Waals surface area contributed by atoms with Gasteiger partial charge in [0.05, 0.1) is 11.9 Å². The van der Waals surface area contributed by atoms with E-state index in [0.717, 1.165) is 12.8 Å². The molecule has 0 aromatic carbocycles. The van der Waals surface area contributed by atoms with E-state index in [2.05, 4.69) is 0 Å². The third-order valence-electron chi connectivity index (χ3n) is 5.06. The summed E-state index contributed by atoms with van der Waals surface area (Å²) >= 11 is 0. The van der Waals surface area contributed by atoms with Crippen molar-refractivity contribution in [1.82, 2.24) is 0 Å². The Balaban J connectivity index is 1.67. The number of aliphatic hydroxyl groups is 1. The maximum atomic E-state index is 11.6. The molecule has 1 N–H and O–H groups in total. The summed E-state index contributed by atoms with van der Waals surface area (Å²) in [6, 6.07) is 0. The lowest BCUT2D eigenvalue weighted by molar-refractivity contribution is -0.217. The van der Waals surface area contributed by atoms with Gasteiger partial charge < -0.3 is 19.3 Å². The van der Waals surface area contributed by atoms with Gasteiger partial charge in [-0.1, -0.05) is 0 Å². The Kier molecular flexibility index (Phi) is 2.60. The SMILES string of the molecule is CC1(C)O[C@H]2O[C@@H]3CC[C@@H]4CC(=O)C=C(O)[C@@H]4[C@H]3[C@H]2O1. The number of carbonyl (C=O) groups excluding carboxylic acids is 1. The Bertz CT molecular complexity index is 483. The lowest BCUT2D eigenvalue weighted by atomic mass is 9.65. The Morgan fingerprint density at radius 3 is 2.90 bits per heavy atom. The molecule has 0 spiro atoms. The zero-order valence-electron chi connectivity index (χ0n) is 11.7. The van der Waals surface area contributed by atoms with E-state index in [1.54, 1.807) is 0 Å². The second-order valence-electron chi connectivity index (χ2n) is 6.82. The van der Waals surface area contributed by atoms with Crippen molar-refractivity contribution >= 4 is 5.78 Å². The standard InChI is InChI=1S/C15H20O5/c1-15(2)19-13-12-10(18-14(13)20-15)4-3-7-5-8(16)6-9(17)11(7)12/h6-7,10-14,17H,3-5H2,1-2H3/t7-,10-,11-,12+,13-,14-/m1/s1. The van der Waals surface area contributed by atoms with Crippen molar-refractivity contribution in [1.29, 1.82) is 0 Å². The number of ketones is 1. The van der Waals surface area contributed by atoms with Crippen LogP contribution in [0.2, 0.25) is 0 Å². The molecule has 5 heteroatoms. The average Bonchev–Trinajstić information content (AvgIpc) is 2.80. The molecule has 1 saturated carbocycles. The zero-order chi connectivity index (χ0) is 14.1. The molecule has 4 rings (SSSR count). The number of fused-ring (bicyclic) bond motifs is 5. The third-order valence-corrected chi connectivity index (χ3v) is 5.06. The van der Waals surface area contributed by atoms with Crippen LogP contribution < -0.4 is 0 Å². The lowest BCUT2D eigenvalue weighted by Gasteiger charge is -2.42. The molecule has 3 fully saturated rings. The van der Waals surface area contributed by atoms with Crippen molar-refractivity contribution < 1.29 is 24.1 Å². The van der Waals surface area contributed by atoms with E-state index >= 15 is 0 Å². The van der Waals surface area contributed by atoms with Crippen LogP contribution in [-0.4, -0.2) is 35.2 Å². The summed E-state index contributed by atoms with van der Waals surface area (Å²) in [5, 5.41) is 10.3. The van der Waals surface area contributed by atoms with Crippen LogP contribution in [0.3, 0.4) is 0 Å². The predicted molar refractivity (Wildman–Crippen MR) is 68.7 cm³/mol. The molecular formula is C15H20O5. The van der Waals surface area contributed by atoms with E-state index in [9.17, 15) is 9.90 Å². The first-order valence-corrected chi connectivity index (χ1v) is 7.39. The smallest absolute Gasteiger partial charge is 0.187 e. The highest BCUT2D eigenvalue weighted by Gasteiger charge is 2.60. The van der Waals surface area contributed by atoms with Gasteiger partial charge >= 0.3 is 0 Å². The molecule has 0 aromatic rings. The number of hydrogen-bond acceptors (Lipinski definition) is 5. The molecule has 0 amide bonds. The van der Waals surface area contributed by atoms with Gasteiger partial charge in [0.2, 0.25) is 0 Å². The first-order valence-electron chi connectivity index (χ1n) is 7.39. The topological polar surface area (TPSA) is 65.0 Å². The second kappa shape index (κ2) is 4.06. The van der Waals surface area contributed by atoms with E-state index in [1.165, 1.54) is 6.08 Å². The van der Waals surface area contributed by atoms with Crippen LogP contribution in [0.25, 0.3) is 0 Å². The summed E-state index contributed by atoms with van der Waals surface area (Å²) in [4.78, 5) is 11.6. The quantitative estimate of drug-likeness (QED) is 0.734. The van der Waals surface area contributed by atoms with Gasteiger partial charge in [0.1, 0.15) is 6.10 Å². The van der Waals surface area contributed by atoms with Crippen molar-refractivity contribution in [2.45, 2.75) is 57.4 Å². The van der Waals surface area contributed by atoms with Gasteiger partial charge in [-0.3, -0.25) is 4.79 Å². The van der Waals surface area contributed by atoms with Crippen LogP contribution >= 0.6 is 0 Å². The van der Waals surface area contributed by atoms with E-state index in [1.807, 2.05) is 13.8 Å². The molecule has 6 atom stereocenters. The predicted octanol–water partition coefficient (Wildman–Crippen LogP) is 1.92. The molecule has 2 heterocycles. The highest BCUT2D eigenvalue weighted by atomic mass is 16.8. The normalized spacial score (nSPS) is 49.3. The number of carbonyl (C=O) groups is 1. The van der Waals surface area contributed by atoms with E-state index in [4.69, 9.17) is 14.2 Å². The highest BCUT2D eigenvalue weighted by molar-refractivity contribution is 5.91. The average molecular weight is 280 g/mol. The molecule has 2 aliphatic heterocycles. The monoisotopic (exact) mass is 280 g/mol. The second-order valence-corrected chi connectivity index (χ2v) is 6.82. The molecule has 0 bridgehead atoms. The maximum absolute atomic E-state index is 11.6. The van der Waals surface area contributed by atoms with E-state index in [0.29, 0.717) is 6.42 Å². The Morgan fingerprint density at radius 2 is 2.10 bits per heavy atom. The number of allylic oxidation sites excluding steroid dienone is 2. The first kappa shape index (κ1) is 12.8. The molecule has 0 radical (unpaired) electrons. The van der Waals surface area contributed by atoms with E-state index < -0.39 is 5.79 Å². The van der Waals surface area contributed by atoms with Crippen molar-refractivity contribution in [3.8, 4) is 0 Å². The number of hydrogen-bond donors (Lipinski definition) is 1. The minimum atomic E-state index is -0.642. The van der Waals surface area contributed by atoms with Crippen LogP contribution in [0.15, 0.2) is 11.8 Å². The Labute approximate surface area is 117 Å². The van der Waals surface area contributed by atoms with Crippen molar-refractivity contribution in [3.05, 3.63) is 11.8 Å². The fraction of sp³-hybridized carbons (Fsp3) is 0.800. The molecule has 2 saturated heterocycles. The molecule has 0 aromatic heterocycles. The largest absolute Gasteiger partial charge is 0.512 e. The Hall–Kier alpha value is -0.910. The molecule has 110 valence electrons. The molecule has 2 aliphatic carbocycles. The summed E-state index contributed by atoms with van der Waals surface area (Å²) in [7, 11) is 0. The van der Waals surface area contributed by atoms with Crippen LogP contribution in [0.1, 0.15) is 33.1 Å². The van der Waals surface area contributed by atoms with Crippen LogP contribution in [-0.2, 0) is 19.0 Å². The summed E-state index contributed by atoms with van der Waals surface area (Å²) in [6.07, 6.45) is 3.31. The van der Waals surface area contributed by atoms with Gasteiger partial charge in [0.25, 0.3) is 0 Å². The molecule has 20 heavy (non-hydrogen) atoms. The van der Waals surface area contributed by atoms with Crippen molar-refractivity contribution in [2.75, 3.05) is 0 Å². The summed E-state index contributed by atoms with van der Waals surface area (Å²) in [6.45, 7) is 3.76. The van der Waals surface area contributed by atoms with Crippen LogP contribution in [0.4, 0.5) is 0 Å². The minimum absolute atomic E-state index is 0.0288. The third kappa shape index (κ3) is 1.76. The van der Waals surface area contributed by atoms with Crippen LogP contribution in [0.5, 0.6) is 0 Å².